The van der Waals surface area contributed by atoms with Gasteiger partial charge in [0.25, 0.3) is 0 Å². The van der Waals surface area contributed by atoms with Gasteiger partial charge in [-0.2, -0.15) is 0 Å². The molecule has 0 aromatic heterocycles. The highest BCUT2D eigenvalue weighted by Gasteiger charge is 2.44. The van der Waals surface area contributed by atoms with Crippen LogP contribution in [0, 0.1) is 0 Å². The van der Waals surface area contributed by atoms with Gasteiger partial charge in [-0.25, -0.2) is 8.42 Å². The van der Waals surface area contributed by atoms with Crippen molar-refractivity contribution in [2.24, 2.45) is 0 Å². The number of ether oxygens (including phenoxy) is 1. The highest BCUT2D eigenvalue weighted by molar-refractivity contribution is 7.92. The Morgan fingerprint density at radius 1 is 1.09 bits per heavy atom. The Hall–Kier alpha value is -1.40. The minimum atomic E-state index is -3.56. The summed E-state index contributed by atoms with van der Waals surface area (Å²) in [6.45, 7) is -0.203. The molecule has 3 atom stereocenters. The maximum Gasteiger partial charge on any atom is 0.184 e. The van der Waals surface area contributed by atoms with Gasteiger partial charge in [0.05, 0.1) is 22.9 Å². The molecule has 3 rings (SSSR count). The second kappa shape index (κ2) is 6.61. The SMILES string of the molecule is O=S(=O)(c1ccccc1)[C@@H]1C[C@@H](CO)O[C@H]1c1ccc(Cl)cc1. The Bertz CT molecular complexity index is 759. The number of sulfone groups is 1. The largest absolute Gasteiger partial charge is 0.394 e. The summed E-state index contributed by atoms with van der Waals surface area (Å²) in [6.07, 6.45) is -0.838. The van der Waals surface area contributed by atoms with Crippen LogP contribution in [0.1, 0.15) is 18.1 Å². The Kier molecular flexibility index (Phi) is 4.73. The fourth-order valence-electron chi connectivity index (χ4n) is 2.87. The molecule has 0 spiro atoms. The van der Waals surface area contributed by atoms with Crippen LogP contribution in [0.4, 0.5) is 0 Å². The van der Waals surface area contributed by atoms with Crippen LogP contribution >= 0.6 is 11.6 Å². The quantitative estimate of drug-likeness (QED) is 0.918. The van der Waals surface area contributed by atoms with E-state index in [4.69, 9.17) is 16.3 Å². The number of rotatable bonds is 4. The summed E-state index contributed by atoms with van der Waals surface area (Å²) in [4.78, 5) is 0.270. The number of halogens is 1. The number of aliphatic hydroxyl groups is 1. The molecule has 122 valence electrons. The molecule has 6 heteroatoms. The lowest BCUT2D eigenvalue weighted by atomic mass is 10.1. The highest BCUT2D eigenvalue weighted by atomic mass is 35.5. The molecule has 1 heterocycles. The summed E-state index contributed by atoms with van der Waals surface area (Å²) in [6, 6.07) is 15.3. The summed E-state index contributed by atoms with van der Waals surface area (Å²) >= 11 is 5.90. The molecular formula is C17H17ClO4S. The molecule has 2 aromatic carbocycles. The highest BCUT2D eigenvalue weighted by Crippen LogP contribution is 2.40. The third-order valence-corrected chi connectivity index (χ3v) is 6.46. The van der Waals surface area contributed by atoms with Crippen molar-refractivity contribution >= 4 is 21.4 Å². The average molecular weight is 353 g/mol. The maximum atomic E-state index is 13.0. The van der Waals surface area contributed by atoms with E-state index in [1.807, 2.05) is 0 Å². The number of aliphatic hydroxyl groups excluding tert-OH is 1. The van der Waals surface area contributed by atoms with Gasteiger partial charge < -0.3 is 9.84 Å². The topological polar surface area (TPSA) is 63.6 Å². The molecule has 1 saturated heterocycles. The van der Waals surface area contributed by atoms with Crippen LogP contribution < -0.4 is 0 Å². The first-order valence-corrected chi connectivity index (χ1v) is 9.25. The molecule has 0 aliphatic carbocycles. The van der Waals surface area contributed by atoms with E-state index in [-0.39, 0.29) is 17.9 Å². The van der Waals surface area contributed by atoms with Gasteiger partial charge in [-0.1, -0.05) is 41.9 Å². The molecule has 4 nitrogen and oxygen atoms in total. The van der Waals surface area contributed by atoms with Crippen molar-refractivity contribution in [2.45, 2.75) is 28.8 Å². The summed E-state index contributed by atoms with van der Waals surface area (Å²) in [7, 11) is -3.56. The Morgan fingerprint density at radius 2 is 1.74 bits per heavy atom. The van der Waals surface area contributed by atoms with Gasteiger partial charge in [-0.15, -0.1) is 0 Å². The lowest BCUT2D eigenvalue weighted by Gasteiger charge is -2.19. The minimum absolute atomic E-state index is 0.203. The predicted octanol–water partition coefficient (Wildman–Crippen LogP) is 3.00. The first-order valence-electron chi connectivity index (χ1n) is 7.33. The van der Waals surface area contributed by atoms with E-state index in [0.717, 1.165) is 5.56 Å². The van der Waals surface area contributed by atoms with Gasteiger partial charge in [-0.3, -0.25) is 0 Å². The van der Waals surface area contributed by atoms with Crippen molar-refractivity contribution in [3.05, 3.63) is 65.2 Å². The second-order valence-corrected chi connectivity index (χ2v) is 8.15. The molecule has 1 fully saturated rings. The molecular weight excluding hydrogens is 336 g/mol. The molecule has 0 radical (unpaired) electrons. The second-order valence-electron chi connectivity index (χ2n) is 5.55. The Balaban J connectivity index is 1.99. The molecule has 0 unspecified atom stereocenters. The standard InChI is InChI=1S/C17H17ClO4S/c18-13-8-6-12(7-9-13)17-16(10-14(11-19)22-17)23(20,21)15-4-2-1-3-5-15/h1-9,14,16-17,19H,10-11H2/t14-,16+,17-/m0/s1. The first-order chi connectivity index (χ1) is 11.0. The van der Waals surface area contributed by atoms with Crippen molar-refractivity contribution in [3.8, 4) is 0 Å². The molecule has 0 amide bonds. The normalized spacial score (nSPS) is 24.7. The third-order valence-electron chi connectivity index (χ3n) is 4.04. The monoisotopic (exact) mass is 352 g/mol. The Morgan fingerprint density at radius 3 is 2.35 bits per heavy atom. The van der Waals surface area contributed by atoms with Crippen molar-refractivity contribution in [2.75, 3.05) is 6.61 Å². The smallest absolute Gasteiger partial charge is 0.184 e. The van der Waals surface area contributed by atoms with Crippen LogP contribution in [0.2, 0.25) is 5.02 Å². The van der Waals surface area contributed by atoms with E-state index in [1.54, 1.807) is 54.6 Å². The zero-order chi connectivity index (χ0) is 16.4. The first kappa shape index (κ1) is 16.5. The molecule has 0 bridgehead atoms. The van der Waals surface area contributed by atoms with Crippen molar-refractivity contribution in [1.29, 1.82) is 0 Å². The van der Waals surface area contributed by atoms with Crippen LogP contribution in [-0.4, -0.2) is 31.5 Å². The summed E-state index contributed by atoms with van der Waals surface area (Å²) in [5.74, 6) is 0. The maximum absolute atomic E-state index is 13.0. The van der Waals surface area contributed by atoms with Crippen LogP contribution in [-0.2, 0) is 14.6 Å². The summed E-state index contributed by atoms with van der Waals surface area (Å²) < 4.78 is 31.7. The molecule has 23 heavy (non-hydrogen) atoms. The molecule has 2 aromatic rings. The van der Waals surface area contributed by atoms with Crippen LogP contribution in [0.3, 0.4) is 0 Å². The van der Waals surface area contributed by atoms with Gasteiger partial charge in [-0.05, 0) is 36.2 Å². The Labute approximate surface area is 140 Å². The summed E-state index contributed by atoms with van der Waals surface area (Å²) in [5, 5.41) is 9.23. The molecule has 1 N–H and O–H groups in total. The van der Waals surface area contributed by atoms with Crippen LogP contribution in [0.5, 0.6) is 0 Å². The zero-order valence-corrected chi connectivity index (χ0v) is 13.9. The molecule has 0 saturated carbocycles. The third kappa shape index (κ3) is 3.28. The molecule has 1 aliphatic rings. The molecule has 1 aliphatic heterocycles. The van der Waals surface area contributed by atoms with E-state index in [0.29, 0.717) is 5.02 Å². The number of benzene rings is 2. The van der Waals surface area contributed by atoms with E-state index in [9.17, 15) is 13.5 Å². The van der Waals surface area contributed by atoms with Gasteiger partial charge in [0.15, 0.2) is 9.84 Å². The van der Waals surface area contributed by atoms with Crippen molar-refractivity contribution in [3.63, 3.8) is 0 Å². The number of hydrogen-bond acceptors (Lipinski definition) is 4. The number of hydrogen-bond donors (Lipinski definition) is 1. The van der Waals surface area contributed by atoms with Crippen LogP contribution in [0.25, 0.3) is 0 Å². The van der Waals surface area contributed by atoms with Crippen molar-refractivity contribution < 1.29 is 18.3 Å². The van der Waals surface area contributed by atoms with Crippen molar-refractivity contribution in [1.82, 2.24) is 0 Å². The minimum Gasteiger partial charge on any atom is -0.394 e. The van der Waals surface area contributed by atoms with Gasteiger partial charge >= 0.3 is 0 Å². The summed E-state index contributed by atoms with van der Waals surface area (Å²) in [5.41, 5.74) is 0.745. The van der Waals surface area contributed by atoms with Crippen LogP contribution in [0.15, 0.2) is 59.5 Å². The van der Waals surface area contributed by atoms with Gasteiger partial charge in [0, 0.05) is 5.02 Å². The van der Waals surface area contributed by atoms with Gasteiger partial charge in [0.2, 0.25) is 0 Å². The lowest BCUT2D eigenvalue weighted by Crippen LogP contribution is -2.25. The predicted molar refractivity (Wildman–Crippen MR) is 88.2 cm³/mol. The zero-order valence-electron chi connectivity index (χ0n) is 12.3. The van der Waals surface area contributed by atoms with Gasteiger partial charge in [0.1, 0.15) is 6.10 Å². The average Bonchev–Trinajstić information content (AvgIpc) is 3.01. The van der Waals surface area contributed by atoms with E-state index in [1.165, 1.54) is 0 Å². The van der Waals surface area contributed by atoms with E-state index < -0.39 is 27.3 Å². The fraction of sp³-hybridized carbons (Fsp3) is 0.294. The van der Waals surface area contributed by atoms with E-state index >= 15 is 0 Å². The lowest BCUT2D eigenvalue weighted by molar-refractivity contribution is 0.0114. The van der Waals surface area contributed by atoms with E-state index in [2.05, 4.69) is 0 Å². The fourth-order valence-corrected chi connectivity index (χ4v) is 4.90.